The topological polar surface area (TPSA) is 69.4 Å². The van der Waals surface area contributed by atoms with Crippen LogP contribution in [-0.2, 0) is 10.0 Å². The fraction of sp³-hybridized carbons (Fsp3) is 0.400. The van der Waals surface area contributed by atoms with Gasteiger partial charge in [0.05, 0.1) is 6.10 Å². The van der Waals surface area contributed by atoms with E-state index in [2.05, 4.69) is 0 Å². The molecular formula is C10H13NO3S. The second-order valence-electron chi connectivity index (χ2n) is 3.81. The first-order valence-corrected chi connectivity index (χ1v) is 6.31. The molecular weight excluding hydrogens is 214 g/mol. The normalized spacial score (nSPS) is 16.4. The maximum atomic E-state index is 11.3. The first-order chi connectivity index (χ1) is 6.97. The number of ether oxygens (including phenoxy) is 1. The number of nitrogens with two attached hydrogens (primary N) is 1. The second-order valence-corrected chi connectivity index (χ2v) is 5.34. The zero-order valence-electron chi connectivity index (χ0n) is 8.43. The number of rotatable bonds is 3. The Bertz CT molecular complexity index is 477. The summed E-state index contributed by atoms with van der Waals surface area (Å²) in [5.41, 5.74) is 0.849. The van der Waals surface area contributed by atoms with Crippen molar-refractivity contribution in [3.8, 4) is 5.75 Å². The van der Waals surface area contributed by atoms with Crippen LogP contribution in [0, 0.1) is 6.92 Å². The molecule has 0 amide bonds. The first-order valence-electron chi connectivity index (χ1n) is 4.77. The molecule has 0 radical (unpaired) electrons. The minimum atomic E-state index is -3.70. The highest BCUT2D eigenvalue weighted by molar-refractivity contribution is 7.89. The molecule has 1 aromatic carbocycles. The Morgan fingerprint density at radius 3 is 2.60 bits per heavy atom. The smallest absolute Gasteiger partial charge is 0.241 e. The van der Waals surface area contributed by atoms with Crippen LogP contribution in [0.3, 0.4) is 0 Å². The van der Waals surface area contributed by atoms with Crippen molar-refractivity contribution in [1.82, 2.24) is 0 Å². The highest BCUT2D eigenvalue weighted by atomic mass is 32.2. The Balaban J connectivity index is 2.43. The zero-order chi connectivity index (χ0) is 11.1. The predicted octanol–water partition coefficient (Wildman–Crippen LogP) is 1.18. The van der Waals surface area contributed by atoms with Crippen LogP contribution in [0.15, 0.2) is 23.1 Å². The highest BCUT2D eigenvalue weighted by Gasteiger charge is 2.26. The summed E-state index contributed by atoms with van der Waals surface area (Å²) >= 11 is 0. The first kappa shape index (κ1) is 10.4. The van der Waals surface area contributed by atoms with Gasteiger partial charge in [-0.3, -0.25) is 0 Å². The van der Waals surface area contributed by atoms with Gasteiger partial charge < -0.3 is 4.74 Å². The monoisotopic (exact) mass is 227 g/mol. The summed E-state index contributed by atoms with van der Waals surface area (Å²) < 4.78 is 28.1. The quantitative estimate of drug-likeness (QED) is 0.843. The standard InChI is InChI=1S/C10H13NO3S/c1-7-2-5-9(14-8-3-4-8)10(6-7)15(11,12)13/h2,5-6,8H,3-4H2,1H3,(H2,11,12,13). The number of aryl methyl sites for hydroxylation is 1. The van der Waals surface area contributed by atoms with Crippen LogP contribution in [0.5, 0.6) is 5.75 Å². The average molecular weight is 227 g/mol. The van der Waals surface area contributed by atoms with E-state index in [0.29, 0.717) is 5.75 Å². The van der Waals surface area contributed by atoms with Gasteiger partial charge >= 0.3 is 0 Å². The molecule has 0 saturated heterocycles. The lowest BCUT2D eigenvalue weighted by Crippen LogP contribution is -2.14. The average Bonchev–Trinajstić information content (AvgIpc) is 2.90. The zero-order valence-corrected chi connectivity index (χ0v) is 9.25. The Morgan fingerprint density at radius 1 is 1.40 bits per heavy atom. The summed E-state index contributed by atoms with van der Waals surface area (Å²) in [4.78, 5) is 0.0781. The second kappa shape index (κ2) is 3.50. The summed E-state index contributed by atoms with van der Waals surface area (Å²) in [6, 6.07) is 5.01. The van der Waals surface area contributed by atoms with Crippen molar-refractivity contribution >= 4 is 10.0 Å². The van der Waals surface area contributed by atoms with Crippen LogP contribution < -0.4 is 9.88 Å². The van der Waals surface area contributed by atoms with Crippen molar-refractivity contribution in [2.24, 2.45) is 5.14 Å². The third-order valence-electron chi connectivity index (χ3n) is 2.22. The highest BCUT2D eigenvalue weighted by Crippen LogP contribution is 2.31. The SMILES string of the molecule is Cc1ccc(OC2CC2)c(S(N)(=O)=O)c1. The fourth-order valence-corrected chi connectivity index (χ4v) is 2.05. The van der Waals surface area contributed by atoms with Gasteiger partial charge in [-0.1, -0.05) is 6.07 Å². The minimum Gasteiger partial charge on any atom is -0.489 e. The van der Waals surface area contributed by atoms with E-state index in [1.807, 2.05) is 13.0 Å². The molecule has 1 fully saturated rings. The van der Waals surface area contributed by atoms with Gasteiger partial charge in [0.1, 0.15) is 10.6 Å². The van der Waals surface area contributed by atoms with E-state index in [0.717, 1.165) is 18.4 Å². The van der Waals surface area contributed by atoms with E-state index in [4.69, 9.17) is 9.88 Å². The Kier molecular flexibility index (Phi) is 2.44. The summed E-state index contributed by atoms with van der Waals surface area (Å²) in [5.74, 6) is 0.366. The predicted molar refractivity (Wildman–Crippen MR) is 56.2 cm³/mol. The Labute approximate surface area is 89.1 Å². The van der Waals surface area contributed by atoms with Gasteiger partial charge in [-0.25, -0.2) is 13.6 Å². The summed E-state index contributed by atoms with van der Waals surface area (Å²) in [6.07, 6.45) is 2.13. The lowest BCUT2D eigenvalue weighted by Gasteiger charge is -2.09. The molecule has 15 heavy (non-hydrogen) atoms. The number of primary sulfonamides is 1. The molecule has 0 atom stereocenters. The van der Waals surface area contributed by atoms with E-state index in [9.17, 15) is 8.42 Å². The maximum Gasteiger partial charge on any atom is 0.241 e. The van der Waals surface area contributed by atoms with Crippen LogP contribution in [0.1, 0.15) is 18.4 Å². The molecule has 0 bridgehead atoms. The maximum absolute atomic E-state index is 11.3. The molecule has 1 aromatic rings. The van der Waals surface area contributed by atoms with Crippen molar-refractivity contribution in [3.05, 3.63) is 23.8 Å². The molecule has 4 nitrogen and oxygen atoms in total. The molecule has 0 aromatic heterocycles. The summed E-state index contributed by atoms with van der Waals surface area (Å²) in [6.45, 7) is 1.82. The van der Waals surface area contributed by atoms with Crippen LogP contribution in [0.2, 0.25) is 0 Å². The van der Waals surface area contributed by atoms with Crippen LogP contribution in [-0.4, -0.2) is 14.5 Å². The Hall–Kier alpha value is -1.07. The van der Waals surface area contributed by atoms with E-state index in [1.165, 1.54) is 6.07 Å². The van der Waals surface area contributed by atoms with E-state index < -0.39 is 10.0 Å². The largest absolute Gasteiger partial charge is 0.489 e. The van der Waals surface area contributed by atoms with Gasteiger partial charge in [-0.05, 0) is 37.5 Å². The van der Waals surface area contributed by atoms with Gasteiger partial charge in [0.2, 0.25) is 10.0 Å². The number of sulfonamides is 1. The van der Waals surface area contributed by atoms with Crippen molar-refractivity contribution in [2.45, 2.75) is 30.8 Å². The van der Waals surface area contributed by atoms with Gasteiger partial charge in [0.25, 0.3) is 0 Å². The van der Waals surface area contributed by atoms with Crippen LogP contribution in [0.25, 0.3) is 0 Å². The van der Waals surface area contributed by atoms with Crippen molar-refractivity contribution in [1.29, 1.82) is 0 Å². The van der Waals surface area contributed by atoms with Gasteiger partial charge in [-0.15, -0.1) is 0 Å². The van der Waals surface area contributed by atoms with Crippen LogP contribution in [0.4, 0.5) is 0 Å². The lowest BCUT2D eigenvalue weighted by molar-refractivity contribution is 0.295. The molecule has 1 aliphatic carbocycles. The van der Waals surface area contributed by atoms with Gasteiger partial charge in [-0.2, -0.15) is 0 Å². The molecule has 1 saturated carbocycles. The molecule has 0 heterocycles. The molecule has 5 heteroatoms. The molecule has 2 rings (SSSR count). The van der Waals surface area contributed by atoms with Gasteiger partial charge in [0.15, 0.2) is 0 Å². The van der Waals surface area contributed by atoms with Crippen molar-refractivity contribution in [2.75, 3.05) is 0 Å². The van der Waals surface area contributed by atoms with Gasteiger partial charge in [0, 0.05) is 0 Å². The van der Waals surface area contributed by atoms with E-state index in [1.54, 1.807) is 6.07 Å². The third kappa shape index (κ3) is 2.49. The molecule has 0 unspecified atom stereocenters. The molecule has 1 aliphatic rings. The van der Waals surface area contributed by atoms with Crippen LogP contribution >= 0.6 is 0 Å². The number of benzene rings is 1. The summed E-state index contributed by atoms with van der Waals surface area (Å²) in [7, 11) is -3.70. The van der Waals surface area contributed by atoms with Crippen molar-refractivity contribution < 1.29 is 13.2 Å². The van der Waals surface area contributed by atoms with E-state index in [-0.39, 0.29) is 11.0 Å². The lowest BCUT2D eigenvalue weighted by atomic mass is 10.2. The minimum absolute atomic E-state index is 0.0781. The third-order valence-corrected chi connectivity index (χ3v) is 3.16. The van der Waals surface area contributed by atoms with Crippen molar-refractivity contribution in [3.63, 3.8) is 0 Å². The summed E-state index contributed by atoms with van der Waals surface area (Å²) in [5, 5.41) is 5.11. The molecule has 82 valence electrons. The number of hydrogen-bond acceptors (Lipinski definition) is 3. The number of hydrogen-bond donors (Lipinski definition) is 1. The molecule has 0 aliphatic heterocycles. The van der Waals surface area contributed by atoms with E-state index >= 15 is 0 Å². The fourth-order valence-electron chi connectivity index (χ4n) is 1.30. The Morgan fingerprint density at radius 2 is 2.07 bits per heavy atom. The molecule has 0 spiro atoms. The molecule has 2 N–H and O–H groups in total.